The molecule has 94 valence electrons. The summed E-state index contributed by atoms with van der Waals surface area (Å²) >= 11 is 3.39. The fourth-order valence-electron chi connectivity index (χ4n) is 1.59. The second-order valence-corrected chi connectivity index (χ2v) is 4.77. The van der Waals surface area contributed by atoms with Crippen LogP contribution in [-0.2, 0) is 6.54 Å². The molecular formula is C14H14BrNO2. The molecule has 0 atom stereocenters. The quantitative estimate of drug-likeness (QED) is 0.903. The van der Waals surface area contributed by atoms with E-state index < -0.39 is 0 Å². The molecule has 0 aliphatic carbocycles. The van der Waals surface area contributed by atoms with E-state index in [0.717, 1.165) is 15.7 Å². The van der Waals surface area contributed by atoms with Crippen LogP contribution in [0, 0.1) is 0 Å². The average Bonchev–Trinajstić information content (AvgIpc) is 2.39. The number of nitrogens with one attached hydrogen (secondary N) is 1. The van der Waals surface area contributed by atoms with Crippen molar-refractivity contribution in [2.75, 3.05) is 12.4 Å². The van der Waals surface area contributed by atoms with Gasteiger partial charge in [-0.25, -0.2) is 0 Å². The zero-order valence-corrected chi connectivity index (χ0v) is 11.6. The smallest absolute Gasteiger partial charge is 0.124 e. The minimum absolute atomic E-state index is 0.235. The lowest BCUT2D eigenvalue weighted by Crippen LogP contribution is -1.99. The van der Waals surface area contributed by atoms with Gasteiger partial charge >= 0.3 is 0 Å². The first-order valence-electron chi connectivity index (χ1n) is 5.54. The lowest BCUT2D eigenvalue weighted by Gasteiger charge is -2.09. The number of phenolic OH excluding ortho intramolecular Hbond substituents is 1. The molecule has 0 radical (unpaired) electrons. The molecule has 2 aromatic carbocycles. The molecular weight excluding hydrogens is 294 g/mol. The summed E-state index contributed by atoms with van der Waals surface area (Å²) < 4.78 is 6.08. The molecule has 0 aliphatic heterocycles. The Morgan fingerprint density at radius 1 is 1.17 bits per heavy atom. The second kappa shape index (κ2) is 5.78. The molecule has 0 unspecified atom stereocenters. The number of halogens is 1. The monoisotopic (exact) mass is 307 g/mol. The molecule has 0 fully saturated rings. The van der Waals surface area contributed by atoms with E-state index in [-0.39, 0.29) is 5.75 Å². The van der Waals surface area contributed by atoms with Crippen LogP contribution in [0.2, 0.25) is 0 Å². The largest absolute Gasteiger partial charge is 0.507 e. The van der Waals surface area contributed by atoms with Crippen LogP contribution in [0.3, 0.4) is 0 Å². The van der Waals surface area contributed by atoms with Gasteiger partial charge in [0.1, 0.15) is 11.5 Å². The number of hydrogen-bond donors (Lipinski definition) is 2. The fraction of sp³-hybridized carbons (Fsp3) is 0.143. The van der Waals surface area contributed by atoms with Crippen molar-refractivity contribution in [3.63, 3.8) is 0 Å². The second-order valence-electron chi connectivity index (χ2n) is 3.86. The van der Waals surface area contributed by atoms with Crippen molar-refractivity contribution in [2.45, 2.75) is 6.54 Å². The summed E-state index contributed by atoms with van der Waals surface area (Å²) in [6, 6.07) is 13.2. The summed E-state index contributed by atoms with van der Waals surface area (Å²) in [5.41, 5.74) is 1.84. The van der Waals surface area contributed by atoms with E-state index in [0.29, 0.717) is 12.3 Å². The molecule has 0 aromatic heterocycles. The zero-order chi connectivity index (χ0) is 13.0. The molecule has 2 aromatic rings. The van der Waals surface area contributed by atoms with Crippen molar-refractivity contribution in [3.05, 3.63) is 52.5 Å². The van der Waals surface area contributed by atoms with Crippen molar-refractivity contribution in [3.8, 4) is 11.5 Å². The first-order valence-corrected chi connectivity index (χ1v) is 6.33. The normalized spacial score (nSPS) is 10.1. The predicted octanol–water partition coefficient (Wildman–Crippen LogP) is 3.78. The highest BCUT2D eigenvalue weighted by Gasteiger charge is 2.02. The van der Waals surface area contributed by atoms with Gasteiger partial charge in [-0.05, 0) is 36.4 Å². The number of aromatic hydroxyl groups is 1. The maximum Gasteiger partial charge on any atom is 0.124 e. The van der Waals surface area contributed by atoms with Crippen molar-refractivity contribution in [1.82, 2.24) is 0 Å². The van der Waals surface area contributed by atoms with Crippen LogP contribution in [0.1, 0.15) is 5.56 Å². The molecule has 0 saturated heterocycles. The lowest BCUT2D eigenvalue weighted by molar-refractivity contribution is 0.406. The van der Waals surface area contributed by atoms with Crippen molar-refractivity contribution in [1.29, 1.82) is 0 Å². The highest BCUT2D eigenvalue weighted by Crippen LogP contribution is 2.24. The number of ether oxygens (including phenoxy) is 1. The number of methoxy groups -OCH3 is 1. The minimum atomic E-state index is 0.235. The maximum atomic E-state index is 9.82. The summed E-state index contributed by atoms with van der Waals surface area (Å²) in [6.45, 7) is 0.567. The van der Waals surface area contributed by atoms with Gasteiger partial charge in [-0.1, -0.05) is 15.9 Å². The Hall–Kier alpha value is -1.68. The Labute approximate surface area is 115 Å². The molecule has 0 bridgehead atoms. The topological polar surface area (TPSA) is 41.5 Å². The maximum absolute atomic E-state index is 9.82. The highest BCUT2D eigenvalue weighted by atomic mass is 79.9. The molecule has 0 saturated carbocycles. The summed E-state index contributed by atoms with van der Waals surface area (Å²) in [7, 11) is 1.58. The van der Waals surface area contributed by atoms with Crippen molar-refractivity contribution in [2.24, 2.45) is 0 Å². The van der Waals surface area contributed by atoms with Crippen molar-refractivity contribution < 1.29 is 9.84 Å². The van der Waals surface area contributed by atoms with Gasteiger partial charge in [-0.2, -0.15) is 0 Å². The van der Waals surface area contributed by atoms with Gasteiger partial charge in [0.2, 0.25) is 0 Å². The average molecular weight is 308 g/mol. The van der Waals surface area contributed by atoms with Crippen LogP contribution in [0.5, 0.6) is 11.5 Å². The number of hydrogen-bond acceptors (Lipinski definition) is 3. The summed E-state index contributed by atoms with van der Waals surface area (Å²) in [5, 5.41) is 13.1. The van der Waals surface area contributed by atoms with E-state index in [2.05, 4.69) is 21.2 Å². The Kier molecular flexibility index (Phi) is 4.10. The standard InChI is InChI=1S/C14H14BrNO2/c1-18-13-7-2-10(14(17)8-13)9-16-12-5-3-11(15)4-6-12/h2-8,16-17H,9H2,1H3. The SMILES string of the molecule is COc1ccc(CNc2ccc(Br)cc2)c(O)c1. The van der Waals surface area contributed by atoms with Gasteiger partial charge in [-0.3, -0.25) is 0 Å². The van der Waals surface area contributed by atoms with E-state index in [1.165, 1.54) is 0 Å². The van der Waals surface area contributed by atoms with Crippen LogP contribution >= 0.6 is 15.9 Å². The zero-order valence-electron chi connectivity index (χ0n) is 9.98. The highest BCUT2D eigenvalue weighted by molar-refractivity contribution is 9.10. The molecule has 0 spiro atoms. The van der Waals surface area contributed by atoms with E-state index in [9.17, 15) is 5.11 Å². The molecule has 0 aliphatic rings. The van der Waals surface area contributed by atoms with Crippen LogP contribution < -0.4 is 10.1 Å². The van der Waals surface area contributed by atoms with Gasteiger partial charge in [0.25, 0.3) is 0 Å². The van der Waals surface area contributed by atoms with E-state index in [4.69, 9.17) is 4.74 Å². The number of rotatable bonds is 4. The fourth-order valence-corrected chi connectivity index (χ4v) is 1.85. The van der Waals surface area contributed by atoms with E-state index >= 15 is 0 Å². The third-order valence-electron chi connectivity index (χ3n) is 2.62. The van der Waals surface area contributed by atoms with E-state index in [1.807, 2.05) is 36.4 Å². The van der Waals surface area contributed by atoms with Gasteiger partial charge < -0.3 is 15.2 Å². The van der Waals surface area contributed by atoms with Crippen molar-refractivity contribution >= 4 is 21.6 Å². The van der Waals surface area contributed by atoms with Gasteiger partial charge in [0, 0.05) is 28.3 Å². The predicted molar refractivity (Wildman–Crippen MR) is 76.1 cm³/mol. The molecule has 4 heteroatoms. The van der Waals surface area contributed by atoms with Crippen LogP contribution in [0.25, 0.3) is 0 Å². The summed E-state index contributed by atoms with van der Waals surface area (Å²) in [5.74, 6) is 0.888. The summed E-state index contributed by atoms with van der Waals surface area (Å²) in [6.07, 6.45) is 0. The third kappa shape index (κ3) is 3.17. The number of phenols is 1. The Morgan fingerprint density at radius 2 is 1.89 bits per heavy atom. The Bertz CT molecular complexity index is 526. The molecule has 2 rings (SSSR count). The minimum Gasteiger partial charge on any atom is -0.507 e. The molecule has 18 heavy (non-hydrogen) atoms. The number of benzene rings is 2. The van der Waals surface area contributed by atoms with Gasteiger partial charge in [0.05, 0.1) is 7.11 Å². The van der Waals surface area contributed by atoms with Crippen LogP contribution in [0.15, 0.2) is 46.9 Å². The number of anilines is 1. The molecule has 2 N–H and O–H groups in total. The van der Waals surface area contributed by atoms with Crippen LogP contribution in [-0.4, -0.2) is 12.2 Å². The molecule has 0 heterocycles. The molecule has 0 amide bonds. The van der Waals surface area contributed by atoms with Gasteiger partial charge in [-0.15, -0.1) is 0 Å². The summed E-state index contributed by atoms with van der Waals surface area (Å²) in [4.78, 5) is 0. The van der Waals surface area contributed by atoms with Crippen LogP contribution in [0.4, 0.5) is 5.69 Å². The van der Waals surface area contributed by atoms with Gasteiger partial charge in [0.15, 0.2) is 0 Å². The van der Waals surface area contributed by atoms with E-state index in [1.54, 1.807) is 13.2 Å². The first-order chi connectivity index (χ1) is 8.69. The Balaban J connectivity index is 2.04. The lowest BCUT2D eigenvalue weighted by atomic mass is 10.2. The Morgan fingerprint density at radius 3 is 2.50 bits per heavy atom. The third-order valence-corrected chi connectivity index (χ3v) is 3.15. The first kappa shape index (κ1) is 12.8. The molecule has 3 nitrogen and oxygen atoms in total.